The quantitative estimate of drug-likeness (QED) is 0.418. The Kier molecular flexibility index (Phi) is 6.32. The average Bonchev–Trinajstić information content (AvgIpc) is 1.89. The highest BCUT2D eigenvalue weighted by atomic mass is 16.3. The first kappa shape index (κ1) is 9.52. The second-order valence-electron chi connectivity index (χ2n) is 2.18. The number of rotatable bonds is 6. The molecule has 0 heterocycles. The molecule has 10 heavy (non-hydrogen) atoms. The highest BCUT2D eigenvalue weighted by molar-refractivity contribution is 4.57. The van der Waals surface area contributed by atoms with Gasteiger partial charge in [-0.3, -0.25) is 0 Å². The third-order valence-electron chi connectivity index (χ3n) is 1.23. The van der Waals surface area contributed by atoms with Crippen molar-refractivity contribution in [1.29, 1.82) is 0 Å². The van der Waals surface area contributed by atoms with Crippen molar-refractivity contribution in [1.82, 2.24) is 0 Å². The van der Waals surface area contributed by atoms with Crippen LogP contribution in [-0.4, -0.2) is 29.5 Å². The first-order valence-electron chi connectivity index (χ1n) is 3.39. The van der Waals surface area contributed by atoms with E-state index in [1.165, 1.54) is 0 Å². The smallest absolute Gasteiger partial charge is 0.107 e. The molecule has 0 aromatic rings. The molecule has 0 saturated heterocycles. The number of hydrogen-bond donors (Lipinski definition) is 2. The molecule has 1 atom stereocenters. The maximum Gasteiger partial charge on any atom is 0.107 e. The molecule has 4 heteroatoms. The lowest BCUT2D eigenvalue weighted by atomic mass is 10.1. The molecule has 0 radical (unpaired) electrons. The summed E-state index contributed by atoms with van der Waals surface area (Å²) in [7, 11) is 0. The zero-order valence-electron chi connectivity index (χ0n) is 5.86. The van der Waals surface area contributed by atoms with Gasteiger partial charge in [0.15, 0.2) is 0 Å². The molecule has 2 N–H and O–H groups in total. The predicted molar refractivity (Wildman–Crippen MR) is 37.6 cm³/mol. The van der Waals surface area contributed by atoms with E-state index in [4.69, 9.17) is 10.2 Å². The highest BCUT2D eigenvalue weighted by Crippen LogP contribution is 1.99. The molecule has 0 aliphatic heterocycles. The molecule has 0 amide bonds. The Labute approximate surface area is 59.8 Å². The van der Waals surface area contributed by atoms with E-state index < -0.39 is 6.10 Å². The molecule has 4 nitrogen and oxygen atoms in total. The Hall–Kier alpha value is -0.480. The van der Waals surface area contributed by atoms with Crippen molar-refractivity contribution in [3.05, 3.63) is 4.91 Å². The van der Waals surface area contributed by atoms with Crippen molar-refractivity contribution < 1.29 is 10.2 Å². The molecule has 60 valence electrons. The summed E-state index contributed by atoms with van der Waals surface area (Å²) in [5.41, 5.74) is 0. The zero-order chi connectivity index (χ0) is 7.82. The third kappa shape index (κ3) is 5.65. The van der Waals surface area contributed by atoms with Crippen molar-refractivity contribution >= 4 is 0 Å². The van der Waals surface area contributed by atoms with E-state index in [1.807, 2.05) is 0 Å². The van der Waals surface area contributed by atoms with Crippen LogP contribution in [0.2, 0.25) is 0 Å². The number of aliphatic hydroxyl groups is 2. The average molecular weight is 147 g/mol. The predicted octanol–water partition coefficient (Wildman–Crippen LogP) is 0.276. The van der Waals surface area contributed by atoms with Crippen molar-refractivity contribution in [3.63, 3.8) is 0 Å². The van der Waals surface area contributed by atoms with Gasteiger partial charge in [0.25, 0.3) is 0 Å². The lowest BCUT2D eigenvalue weighted by Crippen LogP contribution is -2.09. The van der Waals surface area contributed by atoms with Gasteiger partial charge in [-0.25, -0.2) is 0 Å². The number of aliphatic hydroxyl groups excluding tert-OH is 2. The summed E-state index contributed by atoms with van der Waals surface area (Å²) in [4.78, 5) is 9.59. The molecule has 0 aromatic heterocycles. The lowest BCUT2D eigenvalue weighted by Gasteiger charge is -2.03. The molecule has 0 aliphatic carbocycles. The SMILES string of the molecule is O=NCC(O)CCCCO. The molecule has 0 fully saturated rings. The zero-order valence-corrected chi connectivity index (χ0v) is 5.86. The standard InChI is InChI=1S/C6H13NO3/c8-4-2-1-3-6(9)5-7-10/h6,8-9H,1-5H2. The van der Waals surface area contributed by atoms with Gasteiger partial charge in [0, 0.05) is 6.61 Å². The number of unbranched alkanes of at least 4 members (excludes halogenated alkanes) is 1. The summed E-state index contributed by atoms with van der Waals surface area (Å²) >= 11 is 0. The summed E-state index contributed by atoms with van der Waals surface area (Å²) in [5.74, 6) is 0. The van der Waals surface area contributed by atoms with E-state index in [9.17, 15) is 4.91 Å². The molecule has 0 spiro atoms. The van der Waals surface area contributed by atoms with E-state index >= 15 is 0 Å². The highest BCUT2D eigenvalue weighted by Gasteiger charge is 2.01. The molecular formula is C6H13NO3. The van der Waals surface area contributed by atoms with Crippen molar-refractivity contribution in [2.24, 2.45) is 5.18 Å². The molecule has 0 saturated carbocycles. The van der Waals surface area contributed by atoms with E-state index in [0.717, 1.165) is 6.42 Å². The number of nitrogens with zero attached hydrogens (tertiary/aromatic N) is 1. The summed E-state index contributed by atoms with van der Waals surface area (Å²) in [6.07, 6.45) is 1.35. The van der Waals surface area contributed by atoms with Gasteiger partial charge in [0.05, 0.1) is 6.10 Å². The van der Waals surface area contributed by atoms with E-state index in [0.29, 0.717) is 12.8 Å². The minimum absolute atomic E-state index is 0.0363. The van der Waals surface area contributed by atoms with Crippen LogP contribution in [0.1, 0.15) is 19.3 Å². The van der Waals surface area contributed by atoms with E-state index in [-0.39, 0.29) is 13.2 Å². The van der Waals surface area contributed by atoms with Crippen LogP contribution in [0.5, 0.6) is 0 Å². The monoisotopic (exact) mass is 147 g/mol. The number of nitroso groups, excluding NO2 is 1. The van der Waals surface area contributed by atoms with Gasteiger partial charge in [-0.05, 0) is 19.3 Å². The van der Waals surface area contributed by atoms with E-state index in [1.54, 1.807) is 0 Å². The minimum Gasteiger partial charge on any atom is -0.396 e. The molecular weight excluding hydrogens is 134 g/mol. The molecule has 0 aromatic carbocycles. The Morgan fingerprint density at radius 2 is 2.10 bits per heavy atom. The molecule has 0 aliphatic rings. The van der Waals surface area contributed by atoms with E-state index in [2.05, 4.69) is 5.18 Å². The Bertz CT molecular complexity index is 87.1. The van der Waals surface area contributed by atoms with Crippen molar-refractivity contribution in [2.75, 3.05) is 13.2 Å². The largest absolute Gasteiger partial charge is 0.396 e. The molecule has 0 bridgehead atoms. The fourth-order valence-corrected chi connectivity index (χ4v) is 0.669. The lowest BCUT2D eigenvalue weighted by molar-refractivity contribution is 0.165. The topological polar surface area (TPSA) is 69.9 Å². The summed E-state index contributed by atoms with van der Waals surface area (Å²) in [6.45, 7) is 0.104. The van der Waals surface area contributed by atoms with Crippen LogP contribution in [0, 0.1) is 4.91 Å². The maximum atomic E-state index is 9.59. The van der Waals surface area contributed by atoms with Gasteiger partial charge in [-0.2, -0.15) is 4.91 Å². The van der Waals surface area contributed by atoms with Crippen LogP contribution in [-0.2, 0) is 0 Å². The fourth-order valence-electron chi connectivity index (χ4n) is 0.669. The molecule has 1 unspecified atom stereocenters. The fraction of sp³-hybridized carbons (Fsp3) is 1.00. The first-order valence-corrected chi connectivity index (χ1v) is 3.39. The van der Waals surface area contributed by atoms with Gasteiger partial charge in [0.2, 0.25) is 0 Å². The summed E-state index contributed by atoms with van der Waals surface area (Å²) in [5, 5.41) is 19.8. The van der Waals surface area contributed by atoms with Crippen LogP contribution >= 0.6 is 0 Å². The van der Waals surface area contributed by atoms with Crippen LogP contribution < -0.4 is 0 Å². The summed E-state index contributed by atoms with van der Waals surface area (Å²) < 4.78 is 0. The minimum atomic E-state index is -0.621. The Morgan fingerprint density at radius 3 is 2.60 bits per heavy atom. The normalized spacial score (nSPS) is 13.0. The Morgan fingerprint density at radius 1 is 1.40 bits per heavy atom. The van der Waals surface area contributed by atoms with Crippen LogP contribution in [0.4, 0.5) is 0 Å². The van der Waals surface area contributed by atoms with Gasteiger partial charge in [-0.1, -0.05) is 5.18 Å². The second kappa shape index (κ2) is 6.64. The number of hydrogen-bond acceptors (Lipinski definition) is 4. The summed E-state index contributed by atoms with van der Waals surface area (Å²) in [6, 6.07) is 0. The second-order valence-corrected chi connectivity index (χ2v) is 2.18. The van der Waals surface area contributed by atoms with Gasteiger partial charge >= 0.3 is 0 Å². The maximum absolute atomic E-state index is 9.59. The molecule has 0 rings (SSSR count). The van der Waals surface area contributed by atoms with Crippen molar-refractivity contribution in [2.45, 2.75) is 25.4 Å². The Balaban J connectivity index is 3.04. The van der Waals surface area contributed by atoms with Crippen LogP contribution in [0.15, 0.2) is 5.18 Å². The van der Waals surface area contributed by atoms with Crippen LogP contribution in [0.3, 0.4) is 0 Å². The van der Waals surface area contributed by atoms with Gasteiger partial charge < -0.3 is 10.2 Å². The van der Waals surface area contributed by atoms with Crippen LogP contribution in [0.25, 0.3) is 0 Å². The van der Waals surface area contributed by atoms with Crippen molar-refractivity contribution in [3.8, 4) is 0 Å². The van der Waals surface area contributed by atoms with Gasteiger partial charge in [-0.15, -0.1) is 0 Å². The third-order valence-corrected chi connectivity index (χ3v) is 1.23. The first-order chi connectivity index (χ1) is 4.81. The van der Waals surface area contributed by atoms with Gasteiger partial charge in [0.1, 0.15) is 6.54 Å².